The van der Waals surface area contributed by atoms with E-state index < -0.39 is 0 Å². The molecule has 2 aromatic rings. The SMILES string of the molecule is CCCO[C@H](c1ccccc1)[C@@H](c1ccccn1)N1CCCC1=O. The van der Waals surface area contributed by atoms with E-state index in [1.165, 1.54) is 0 Å². The number of carbonyl (C=O) groups is 1. The Bertz CT molecular complexity index is 645. The largest absolute Gasteiger partial charge is 0.371 e. The lowest BCUT2D eigenvalue weighted by molar-refractivity contribution is -0.133. The molecule has 0 unspecified atom stereocenters. The highest BCUT2D eigenvalue weighted by molar-refractivity contribution is 5.78. The molecule has 2 heterocycles. The first-order valence-electron chi connectivity index (χ1n) is 8.68. The van der Waals surface area contributed by atoms with Crippen LogP contribution in [0.25, 0.3) is 0 Å². The topological polar surface area (TPSA) is 42.4 Å². The molecule has 1 aliphatic rings. The molecule has 1 fully saturated rings. The first kappa shape index (κ1) is 16.7. The highest BCUT2D eigenvalue weighted by Gasteiger charge is 2.36. The minimum absolute atomic E-state index is 0.185. The second-order valence-corrected chi connectivity index (χ2v) is 6.09. The van der Waals surface area contributed by atoms with Crippen molar-refractivity contribution in [2.45, 2.75) is 38.3 Å². The number of pyridine rings is 1. The third-order valence-electron chi connectivity index (χ3n) is 4.35. The minimum Gasteiger partial charge on any atom is -0.371 e. The van der Waals surface area contributed by atoms with Crippen LogP contribution in [-0.2, 0) is 9.53 Å². The zero-order valence-electron chi connectivity index (χ0n) is 14.1. The number of ether oxygens (including phenoxy) is 1. The minimum atomic E-state index is -0.205. The molecule has 1 amide bonds. The first-order valence-corrected chi connectivity index (χ1v) is 8.68. The number of amides is 1. The lowest BCUT2D eigenvalue weighted by Gasteiger charge is -2.34. The second-order valence-electron chi connectivity index (χ2n) is 6.09. The fourth-order valence-electron chi connectivity index (χ4n) is 3.25. The molecule has 0 saturated carbocycles. The summed E-state index contributed by atoms with van der Waals surface area (Å²) in [5, 5.41) is 0. The molecule has 1 saturated heterocycles. The summed E-state index contributed by atoms with van der Waals surface area (Å²) in [5.74, 6) is 0.187. The lowest BCUT2D eigenvalue weighted by Crippen LogP contribution is -2.35. The van der Waals surface area contributed by atoms with Gasteiger partial charge in [-0.3, -0.25) is 9.78 Å². The number of aromatic nitrogens is 1. The number of benzene rings is 1. The van der Waals surface area contributed by atoms with Crippen molar-refractivity contribution in [1.29, 1.82) is 0 Å². The van der Waals surface area contributed by atoms with Gasteiger partial charge in [0.15, 0.2) is 0 Å². The smallest absolute Gasteiger partial charge is 0.223 e. The Morgan fingerprint density at radius 1 is 1.17 bits per heavy atom. The Balaban J connectivity index is 2.01. The fourth-order valence-corrected chi connectivity index (χ4v) is 3.25. The van der Waals surface area contributed by atoms with Crippen molar-refractivity contribution in [3.05, 3.63) is 66.0 Å². The highest BCUT2D eigenvalue weighted by Crippen LogP contribution is 2.38. The van der Waals surface area contributed by atoms with Crippen LogP contribution in [0.4, 0.5) is 0 Å². The maximum absolute atomic E-state index is 12.4. The third kappa shape index (κ3) is 3.65. The molecule has 1 aromatic heterocycles. The van der Waals surface area contributed by atoms with Gasteiger partial charge < -0.3 is 9.64 Å². The van der Waals surface area contributed by atoms with Crippen LogP contribution in [0.1, 0.15) is 49.6 Å². The highest BCUT2D eigenvalue weighted by atomic mass is 16.5. The van der Waals surface area contributed by atoms with Gasteiger partial charge in [0.05, 0.1) is 5.69 Å². The van der Waals surface area contributed by atoms with Crippen molar-refractivity contribution in [2.24, 2.45) is 0 Å². The van der Waals surface area contributed by atoms with Gasteiger partial charge in [0.25, 0.3) is 0 Å². The molecule has 1 aromatic carbocycles. The summed E-state index contributed by atoms with van der Waals surface area (Å²) in [5.41, 5.74) is 1.97. The predicted molar refractivity (Wildman–Crippen MR) is 93.4 cm³/mol. The fraction of sp³-hybridized carbons (Fsp3) is 0.400. The normalized spacial score (nSPS) is 17.0. The van der Waals surface area contributed by atoms with Crippen molar-refractivity contribution in [1.82, 2.24) is 9.88 Å². The Kier molecular flexibility index (Phi) is 5.59. The molecule has 0 N–H and O–H groups in total. The molecule has 24 heavy (non-hydrogen) atoms. The molecule has 0 spiro atoms. The van der Waals surface area contributed by atoms with Gasteiger partial charge in [-0.15, -0.1) is 0 Å². The van der Waals surface area contributed by atoms with E-state index in [0.29, 0.717) is 13.0 Å². The number of nitrogens with zero attached hydrogens (tertiary/aromatic N) is 2. The van der Waals surface area contributed by atoms with E-state index in [0.717, 1.165) is 30.6 Å². The van der Waals surface area contributed by atoms with Crippen LogP contribution in [0, 0.1) is 0 Å². The molecular formula is C20H24N2O2. The molecule has 4 nitrogen and oxygen atoms in total. The van der Waals surface area contributed by atoms with Crippen molar-refractivity contribution in [3.63, 3.8) is 0 Å². The zero-order valence-corrected chi connectivity index (χ0v) is 14.1. The number of rotatable bonds is 7. The van der Waals surface area contributed by atoms with E-state index in [-0.39, 0.29) is 18.1 Å². The lowest BCUT2D eigenvalue weighted by atomic mass is 9.97. The van der Waals surface area contributed by atoms with Gasteiger partial charge in [0, 0.05) is 25.8 Å². The predicted octanol–water partition coefficient (Wildman–Crippen LogP) is 3.91. The number of hydrogen-bond acceptors (Lipinski definition) is 3. The summed E-state index contributed by atoms with van der Waals surface area (Å²) in [7, 11) is 0. The van der Waals surface area contributed by atoms with Gasteiger partial charge in [-0.1, -0.05) is 43.3 Å². The Labute approximate surface area is 143 Å². The van der Waals surface area contributed by atoms with E-state index >= 15 is 0 Å². The van der Waals surface area contributed by atoms with Gasteiger partial charge in [0.1, 0.15) is 12.1 Å². The van der Waals surface area contributed by atoms with Gasteiger partial charge in [-0.25, -0.2) is 0 Å². The number of hydrogen-bond donors (Lipinski definition) is 0. The molecule has 0 aliphatic carbocycles. The standard InChI is InChI=1S/C20H24N2O2/c1-2-15-24-20(16-9-4-3-5-10-16)19(17-11-6-7-13-21-17)22-14-8-12-18(22)23/h3-7,9-11,13,19-20H,2,8,12,14-15H2,1H3/t19-,20-/m1/s1. The average Bonchev–Trinajstić information content (AvgIpc) is 3.05. The molecule has 2 atom stereocenters. The Hall–Kier alpha value is -2.20. The van der Waals surface area contributed by atoms with Crippen LogP contribution in [0.3, 0.4) is 0 Å². The van der Waals surface area contributed by atoms with Gasteiger partial charge in [-0.05, 0) is 30.5 Å². The number of carbonyl (C=O) groups excluding carboxylic acids is 1. The van der Waals surface area contributed by atoms with Gasteiger partial charge >= 0.3 is 0 Å². The quantitative estimate of drug-likeness (QED) is 0.775. The van der Waals surface area contributed by atoms with Gasteiger partial charge in [0.2, 0.25) is 5.91 Å². The van der Waals surface area contributed by atoms with E-state index in [9.17, 15) is 4.79 Å². The van der Waals surface area contributed by atoms with Crippen LogP contribution < -0.4 is 0 Å². The maximum Gasteiger partial charge on any atom is 0.223 e. The molecule has 1 aliphatic heterocycles. The van der Waals surface area contributed by atoms with Crippen molar-refractivity contribution in [2.75, 3.05) is 13.2 Å². The summed E-state index contributed by atoms with van der Waals surface area (Å²) >= 11 is 0. The third-order valence-corrected chi connectivity index (χ3v) is 4.35. The molecule has 126 valence electrons. The van der Waals surface area contributed by atoms with E-state index in [1.807, 2.05) is 41.3 Å². The molecule has 4 heteroatoms. The Morgan fingerprint density at radius 2 is 1.96 bits per heavy atom. The molecule has 0 bridgehead atoms. The number of likely N-dealkylation sites (tertiary alicyclic amines) is 1. The van der Waals surface area contributed by atoms with E-state index in [4.69, 9.17) is 4.74 Å². The summed E-state index contributed by atoms with van der Waals surface area (Å²) in [6, 6.07) is 15.8. The van der Waals surface area contributed by atoms with Gasteiger partial charge in [-0.2, -0.15) is 0 Å². The molecule has 0 radical (unpaired) electrons. The zero-order chi connectivity index (χ0) is 16.8. The summed E-state index contributed by atoms with van der Waals surface area (Å²) in [6.45, 7) is 3.52. The van der Waals surface area contributed by atoms with Crippen molar-refractivity contribution >= 4 is 5.91 Å². The van der Waals surface area contributed by atoms with Crippen LogP contribution >= 0.6 is 0 Å². The summed E-state index contributed by atoms with van der Waals surface area (Å²) in [4.78, 5) is 18.9. The van der Waals surface area contributed by atoms with E-state index in [2.05, 4.69) is 24.0 Å². The maximum atomic E-state index is 12.4. The summed E-state index contributed by atoms with van der Waals surface area (Å²) in [6.07, 6.45) is 4.02. The van der Waals surface area contributed by atoms with Crippen LogP contribution in [0.2, 0.25) is 0 Å². The van der Waals surface area contributed by atoms with Crippen LogP contribution in [-0.4, -0.2) is 28.9 Å². The van der Waals surface area contributed by atoms with Crippen molar-refractivity contribution < 1.29 is 9.53 Å². The van der Waals surface area contributed by atoms with Crippen LogP contribution in [0.15, 0.2) is 54.7 Å². The Morgan fingerprint density at radius 3 is 2.58 bits per heavy atom. The summed E-state index contributed by atoms with van der Waals surface area (Å²) < 4.78 is 6.22. The molecule has 3 rings (SSSR count). The average molecular weight is 324 g/mol. The first-order chi connectivity index (χ1) is 11.8. The van der Waals surface area contributed by atoms with Crippen LogP contribution in [0.5, 0.6) is 0 Å². The monoisotopic (exact) mass is 324 g/mol. The van der Waals surface area contributed by atoms with E-state index in [1.54, 1.807) is 6.20 Å². The molecular weight excluding hydrogens is 300 g/mol. The van der Waals surface area contributed by atoms with Crippen molar-refractivity contribution in [3.8, 4) is 0 Å². The second kappa shape index (κ2) is 8.06.